The molecule has 282 valence electrons. The minimum absolute atomic E-state index is 0.617. The SMILES string of the molecule is CC(=O)OCC1O[C@H](OC(=N)C(Cl)(Cl)Cl)C(OC(C)=O)C(OC(C)=O)[C@@H]1O[C@@H]1OC(COC(C)=O)[C@H](OC(C)=O)C(OC(C)=O)C1OC(C)=O. The summed E-state index contributed by atoms with van der Waals surface area (Å²) in [6.07, 6.45) is -17.0. The average molecular weight is 781 g/mol. The monoisotopic (exact) mass is 779 g/mol. The molecule has 50 heavy (non-hydrogen) atoms. The van der Waals surface area contributed by atoms with Gasteiger partial charge in [-0.3, -0.25) is 39.0 Å². The van der Waals surface area contributed by atoms with Crippen molar-refractivity contribution in [2.45, 2.75) is 114 Å². The van der Waals surface area contributed by atoms with Gasteiger partial charge in [0.25, 0.3) is 3.79 Å². The fourth-order valence-electron chi connectivity index (χ4n) is 4.75. The van der Waals surface area contributed by atoms with Crippen molar-refractivity contribution < 1.29 is 85.7 Å². The van der Waals surface area contributed by atoms with Crippen molar-refractivity contribution in [2.24, 2.45) is 0 Å². The molecule has 0 saturated carbocycles. The molecule has 19 nitrogen and oxygen atoms in total. The van der Waals surface area contributed by atoms with E-state index in [1.165, 1.54) is 0 Å². The maximum Gasteiger partial charge on any atom is 0.303 e. The summed E-state index contributed by atoms with van der Waals surface area (Å²) in [5.41, 5.74) is 0. The highest BCUT2D eigenvalue weighted by atomic mass is 35.6. The highest BCUT2D eigenvalue weighted by Gasteiger charge is 2.58. The Morgan fingerprint density at radius 2 is 0.840 bits per heavy atom. The molecule has 0 aliphatic carbocycles. The number of hydrogen-bond acceptors (Lipinski definition) is 19. The van der Waals surface area contributed by atoms with Crippen LogP contribution < -0.4 is 0 Å². The van der Waals surface area contributed by atoms with Crippen LogP contribution in [0.2, 0.25) is 0 Å². The highest BCUT2D eigenvalue weighted by molar-refractivity contribution is 6.76. The maximum absolute atomic E-state index is 12.4. The van der Waals surface area contributed by atoms with Crippen molar-refractivity contribution in [2.75, 3.05) is 13.2 Å². The van der Waals surface area contributed by atoms with Crippen LogP contribution in [0.15, 0.2) is 0 Å². The Balaban J connectivity index is 2.77. The molecule has 2 saturated heterocycles. The second kappa shape index (κ2) is 18.7. The van der Waals surface area contributed by atoms with Gasteiger partial charge < -0.3 is 52.1 Å². The van der Waals surface area contributed by atoms with Crippen LogP contribution in [0.1, 0.15) is 48.5 Å². The molecule has 2 rings (SSSR count). The van der Waals surface area contributed by atoms with Gasteiger partial charge in [-0.25, -0.2) is 0 Å². The second-order valence-electron chi connectivity index (χ2n) is 10.6. The summed E-state index contributed by atoms with van der Waals surface area (Å²) in [4.78, 5) is 84.9. The molecule has 22 heteroatoms. The molecule has 6 unspecified atom stereocenters. The number of hydrogen-bond donors (Lipinski definition) is 1. The molecule has 2 aliphatic heterocycles. The molecular weight excluding hydrogens is 745 g/mol. The molecule has 0 radical (unpaired) electrons. The smallest absolute Gasteiger partial charge is 0.303 e. The lowest BCUT2D eigenvalue weighted by atomic mass is 9.96. The summed E-state index contributed by atoms with van der Waals surface area (Å²) < 4.78 is 58.1. The molecule has 1 N–H and O–H groups in total. The van der Waals surface area contributed by atoms with Crippen molar-refractivity contribution in [1.82, 2.24) is 0 Å². The van der Waals surface area contributed by atoms with E-state index < -0.39 is 126 Å². The van der Waals surface area contributed by atoms with Gasteiger partial charge in [-0.15, -0.1) is 0 Å². The molecule has 0 aromatic rings. The van der Waals surface area contributed by atoms with E-state index in [9.17, 15) is 33.6 Å². The van der Waals surface area contributed by atoms with Crippen molar-refractivity contribution in [3.05, 3.63) is 0 Å². The van der Waals surface area contributed by atoms with Crippen molar-refractivity contribution in [3.63, 3.8) is 0 Å². The van der Waals surface area contributed by atoms with E-state index in [0.29, 0.717) is 0 Å². The Bertz CT molecular complexity index is 1310. The van der Waals surface area contributed by atoms with Gasteiger partial charge in [-0.2, -0.15) is 0 Å². The fraction of sp³-hybridized carbons (Fsp3) is 0.714. The number of carbonyl (C=O) groups is 7. The summed E-state index contributed by atoms with van der Waals surface area (Å²) in [6.45, 7) is 5.79. The summed E-state index contributed by atoms with van der Waals surface area (Å²) in [5, 5.41) is 8.03. The van der Waals surface area contributed by atoms with Crippen LogP contribution in [0, 0.1) is 5.41 Å². The highest BCUT2D eigenvalue weighted by Crippen LogP contribution is 2.37. The molecule has 10 atom stereocenters. The summed E-state index contributed by atoms with van der Waals surface area (Å²) >= 11 is 17.3. The molecular formula is C28H36Cl3NO18. The quantitative estimate of drug-likeness (QED) is 0.0953. The van der Waals surface area contributed by atoms with Crippen molar-refractivity contribution in [1.29, 1.82) is 5.41 Å². The Kier molecular flexibility index (Phi) is 15.9. The standard InChI is InChI=1S/C28H36Cl3NO18/c1-10(33)40-8-17-19(42-12(3)35)21(43-13(4)36)23(45-15(6)38)25(47-17)49-20-18(9-41-11(2)34)48-26(50-27(32)28(29,30)31)24(46-16(7)39)22(20)44-14(5)37/h17-26,32H,8-9H2,1-7H3/t17?,18?,19-,20+,21?,22?,23?,24?,25-,26+/m0/s1. The first kappa shape index (κ1) is 42.7. The third-order valence-electron chi connectivity index (χ3n) is 6.38. The zero-order chi connectivity index (χ0) is 38.1. The lowest BCUT2D eigenvalue weighted by molar-refractivity contribution is -0.355. The van der Waals surface area contributed by atoms with E-state index >= 15 is 0 Å². The lowest BCUT2D eigenvalue weighted by Gasteiger charge is -2.48. The van der Waals surface area contributed by atoms with Crippen LogP contribution >= 0.6 is 34.8 Å². The molecule has 0 amide bonds. The second-order valence-corrected chi connectivity index (χ2v) is 12.9. The normalized spacial score (nSPS) is 29.3. The number of halogens is 3. The first-order chi connectivity index (χ1) is 23.1. The number of rotatable bonds is 12. The van der Waals surface area contributed by atoms with Crippen molar-refractivity contribution in [3.8, 4) is 0 Å². The summed E-state index contributed by atoms with van der Waals surface area (Å²) in [6, 6.07) is 0. The molecule has 2 heterocycles. The van der Waals surface area contributed by atoms with Gasteiger partial charge >= 0.3 is 41.8 Å². The van der Waals surface area contributed by atoms with Crippen LogP contribution in [-0.2, 0) is 85.7 Å². The topological polar surface area (TPSA) is 245 Å². The number of ether oxygens (including phenoxy) is 11. The average Bonchev–Trinajstić information content (AvgIpc) is 2.95. The summed E-state index contributed by atoms with van der Waals surface area (Å²) in [5.74, 6) is -7.37. The van der Waals surface area contributed by atoms with Crippen molar-refractivity contribution >= 4 is 82.5 Å². The number of carbonyl (C=O) groups excluding carboxylic acids is 7. The molecule has 0 spiro atoms. The van der Waals surface area contributed by atoms with Gasteiger partial charge in [-0.1, -0.05) is 34.8 Å². The van der Waals surface area contributed by atoms with Gasteiger partial charge in [0, 0.05) is 48.5 Å². The Labute approximate surface area is 300 Å². The van der Waals surface area contributed by atoms with Crippen LogP contribution in [-0.4, -0.2) is 126 Å². The Hall–Kier alpha value is -3.49. The third kappa shape index (κ3) is 13.0. The Morgan fingerprint density at radius 1 is 0.500 bits per heavy atom. The van der Waals surface area contributed by atoms with Gasteiger partial charge in [-0.05, 0) is 0 Å². The lowest BCUT2D eigenvalue weighted by Crippen LogP contribution is -2.67. The minimum atomic E-state index is -2.45. The maximum atomic E-state index is 12.4. The van der Waals surface area contributed by atoms with Gasteiger partial charge in [0.2, 0.25) is 18.3 Å². The predicted molar refractivity (Wildman–Crippen MR) is 162 cm³/mol. The largest absolute Gasteiger partial charge is 0.463 e. The molecule has 0 bridgehead atoms. The molecule has 2 aliphatic rings. The number of alkyl halides is 3. The zero-order valence-electron chi connectivity index (χ0n) is 27.7. The van der Waals surface area contributed by atoms with Crippen LogP contribution in [0.5, 0.6) is 0 Å². The van der Waals surface area contributed by atoms with Crippen LogP contribution in [0.25, 0.3) is 0 Å². The van der Waals surface area contributed by atoms with E-state index in [-0.39, 0.29) is 0 Å². The molecule has 0 aromatic carbocycles. The zero-order valence-corrected chi connectivity index (χ0v) is 29.9. The van der Waals surface area contributed by atoms with E-state index in [1.807, 2.05) is 0 Å². The van der Waals surface area contributed by atoms with E-state index in [4.69, 9.17) is 92.3 Å². The van der Waals surface area contributed by atoms with Gasteiger partial charge in [0.05, 0.1) is 0 Å². The number of esters is 7. The third-order valence-corrected chi connectivity index (χ3v) is 6.89. The van der Waals surface area contributed by atoms with Gasteiger partial charge in [0.1, 0.15) is 31.5 Å². The minimum Gasteiger partial charge on any atom is -0.463 e. The van der Waals surface area contributed by atoms with E-state index in [0.717, 1.165) is 48.5 Å². The molecule has 2 fully saturated rings. The fourth-order valence-corrected chi connectivity index (χ4v) is 4.88. The van der Waals surface area contributed by atoms with Crippen LogP contribution in [0.4, 0.5) is 0 Å². The van der Waals surface area contributed by atoms with Gasteiger partial charge in [0.15, 0.2) is 30.7 Å². The van der Waals surface area contributed by atoms with E-state index in [1.54, 1.807) is 0 Å². The first-order valence-corrected chi connectivity index (χ1v) is 15.7. The van der Waals surface area contributed by atoms with E-state index in [2.05, 4.69) is 0 Å². The first-order valence-electron chi connectivity index (χ1n) is 14.5. The number of nitrogens with one attached hydrogen (secondary N) is 1. The predicted octanol–water partition coefficient (Wildman–Crippen LogP) is 0.970. The Morgan fingerprint density at radius 3 is 1.24 bits per heavy atom. The molecule has 0 aromatic heterocycles. The summed E-state index contributed by atoms with van der Waals surface area (Å²) in [7, 11) is 0. The van der Waals surface area contributed by atoms with Crippen LogP contribution in [0.3, 0.4) is 0 Å².